The van der Waals surface area contributed by atoms with Crippen molar-refractivity contribution in [2.24, 2.45) is 0 Å². The van der Waals surface area contributed by atoms with Gasteiger partial charge in [0, 0.05) is 11.3 Å². The van der Waals surface area contributed by atoms with Gasteiger partial charge in [0.25, 0.3) is 0 Å². The lowest BCUT2D eigenvalue weighted by atomic mass is 10.1. The fourth-order valence-electron chi connectivity index (χ4n) is 1.43. The van der Waals surface area contributed by atoms with Crippen LogP contribution in [0.25, 0.3) is 10.8 Å². The third-order valence-corrected chi connectivity index (χ3v) is 3.16. The number of carbonyl (C=O) groups excluding carboxylic acids is 1. The summed E-state index contributed by atoms with van der Waals surface area (Å²) in [6, 6.07) is 8.22. The topological polar surface area (TPSA) is 26.3 Å². The van der Waals surface area contributed by atoms with Crippen LogP contribution in [0.15, 0.2) is 29.6 Å². The van der Waals surface area contributed by atoms with Gasteiger partial charge in [0.15, 0.2) is 0 Å². The number of hydrogen-bond acceptors (Lipinski definition) is 3. The van der Waals surface area contributed by atoms with E-state index < -0.39 is 0 Å². The summed E-state index contributed by atoms with van der Waals surface area (Å²) >= 11 is 1.70. The van der Waals surface area contributed by atoms with Crippen LogP contribution in [0.2, 0.25) is 0 Å². The summed E-state index contributed by atoms with van der Waals surface area (Å²) in [6.07, 6.45) is 0.771. The Labute approximate surface area is 86.1 Å². The van der Waals surface area contributed by atoms with E-state index >= 15 is 0 Å². The lowest BCUT2D eigenvalue weighted by Crippen LogP contribution is -1.94. The molecule has 0 spiro atoms. The zero-order valence-electron chi connectivity index (χ0n) is 7.53. The van der Waals surface area contributed by atoms with Crippen molar-refractivity contribution in [3.63, 3.8) is 0 Å². The smallest absolute Gasteiger partial charge is 0.417 e. The first-order valence-corrected chi connectivity index (χ1v) is 5.24. The van der Waals surface area contributed by atoms with E-state index in [1.165, 1.54) is 22.1 Å². The SMILES string of the molecule is O=[C]OCCc1scc2ccccc12. The van der Waals surface area contributed by atoms with Gasteiger partial charge in [0.2, 0.25) is 0 Å². The molecule has 0 fully saturated rings. The fraction of sp³-hybridized carbons (Fsp3) is 0.182. The van der Waals surface area contributed by atoms with E-state index in [-0.39, 0.29) is 0 Å². The second-order valence-electron chi connectivity index (χ2n) is 2.93. The van der Waals surface area contributed by atoms with Crippen LogP contribution in [-0.2, 0) is 16.0 Å². The number of fused-ring (bicyclic) bond motifs is 1. The van der Waals surface area contributed by atoms with E-state index in [2.05, 4.69) is 22.2 Å². The molecule has 0 bridgehead atoms. The predicted molar refractivity (Wildman–Crippen MR) is 57.2 cm³/mol. The molecular weight excluding hydrogens is 196 g/mol. The molecule has 71 valence electrons. The molecule has 14 heavy (non-hydrogen) atoms. The summed E-state index contributed by atoms with van der Waals surface area (Å²) in [5, 5.41) is 4.63. The fourth-order valence-corrected chi connectivity index (χ4v) is 2.42. The summed E-state index contributed by atoms with van der Waals surface area (Å²) < 4.78 is 4.56. The second-order valence-corrected chi connectivity index (χ2v) is 3.89. The van der Waals surface area contributed by atoms with Crippen molar-refractivity contribution >= 4 is 28.6 Å². The number of ether oxygens (including phenoxy) is 1. The Morgan fingerprint density at radius 3 is 3.07 bits per heavy atom. The van der Waals surface area contributed by atoms with E-state index in [9.17, 15) is 4.79 Å². The lowest BCUT2D eigenvalue weighted by molar-refractivity contribution is 0.283. The quantitative estimate of drug-likeness (QED) is 0.717. The summed E-state index contributed by atoms with van der Waals surface area (Å²) in [4.78, 5) is 11.1. The first-order valence-electron chi connectivity index (χ1n) is 4.36. The molecular formula is C11H9O2S. The van der Waals surface area contributed by atoms with Crippen molar-refractivity contribution in [2.45, 2.75) is 6.42 Å². The van der Waals surface area contributed by atoms with Crippen LogP contribution in [0.5, 0.6) is 0 Å². The molecule has 0 aliphatic heterocycles. The third-order valence-electron chi connectivity index (χ3n) is 2.08. The Bertz CT molecular complexity index is 434. The molecule has 0 amide bonds. The van der Waals surface area contributed by atoms with E-state index in [1.807, 2.05) is 12.1 Å². The minimum atomic E-state index is 0.411. The maximum atomic E-state index is 9.85. The van der Waals surface area contributed by atoms with Gasteiger partial charge in [-0.2, -0.15) is 0 Å². The van der Waals surface area contributed by atoms with Gasteiger partial charge >= 0.3 is 6.47 Å². The minimum absolute atomic E-state index is 0.411. The maximum absolute atomic E-state index is 9.85. The Kier molecular flexibility index (Phi) is 2.79. The summed E-state index contributed by atoms with van der Waals surface area (Å²) in [6.45, 7) is 1.84. The van der Waals surface area contributed by atoms with Gasteiger partial charge < -0.3 is 4.74 Å². The molecule has 2 aromatic rings. The van der Waals surface area contributed by atoms with Gasteiger partial charge in [0.05, 0.1) is 6.61 Å². The second kappa shape index (κ2) is 4.24. The summed E-state index contributed by atoms with van der Waals surface area (Å²) in [5.74, 6) is 0. The lowest BCUT2D eigenvalue weighted by Gasteiger charge is -1.96. The van der Waals surface area contributed by atoms with Crippen molar-refractivity contribution in [3.05, 3.63) is 34.5 Å². The van der Waals surface area contributed by atoms with E-state index in [0.717, 1.165) is 6.42 Å². The summed E-state index contributed by atoms with van der Waals surface area (Å²) in [7, 11) is 0. The molecule has 0 N–H and O–H groups in total. The Morgan fingerprint density at radius 1 is 1.36 bits per heavy atom. The highest BCUT2D eigenvalue weighted by molar-refractivity contribution is 7.11. The summed E-state index contributed by atoms with van der Waals surface area (Å²) in [5.41, 5.74) is 0. The average molecular weight is 205 g/mol. The number of thiophene rings is 1. The molecule has 1 heterocycles. The minimum Gasteiger partial charge on any atom is -0.457 e. The molecule has 0 saturated carbocycles. The Hall–Kier alpha value is -1.35. The van der Waals surface area contributed by atoms with Crippen molar-refractivity contribution in [3.8, 4) is 0 Å². The molecule has 2 nitrogen and oxygen atoms in total. The van der Waals surface area contributed by atoms with E-state index in [4.69, 9.17) is 0 Å². The van der Waals surface area contributed by atoms with Crippen molar-refractivity contribution in [1.82, 2.24) is 0 Å². The first-order chi connectivity index (χ1) is 6.92. The van der Waals surface area contributed by atoms with Crippen LogP contribution in [0.1, 0.15) is 4.88 Å². The monoisotopic (exact) mass is 205 g/mol. The Morgan fingerprint density at radius 2 is 2.21 bits per heavy atom. The maximum Gasteiger partial charge on any atom is 0.417 e. The highest BCUT2D eigenvalue weighted by atomic mass is 32.1. The molecule has 1 aromatic carbocycles. The largest absolute Gasteiger partial charge is 0.457 e. The van der Waals surface area contributed by atoms with Gasteiger partial charge in [0.1, 0.15) is 0 Å². The van der Waals surface area contributed by atoms with Gasteiger partial charge in [-0.15, -0.1) is 11.3 Å². The van der Waals surface area contributed by atoms with Crippen LogP contribution >= 0.6 is 11.3 Å². The van der Waals surface area contributed by atoms with Crippen molar-refractivity contribution in [2.75, 3.05) is 6.61 Å². The third kappa shape index (κ3) is 1.77. The van der Waals surface area contributed by atoms with Gasteiger partial charge in [-0.3, -0.25) is 0 Å². The van der Waals surface area contributed by atoms with Gasteiger partial charge in [-0.1, -0.05) is 24.3 Å². The van der Waals surface area contributed by atoms with E-state index in [0.29, 0.717) is 6.61 Å². The first kappa shape index (κ1) is 9.21. The van der Waals surface area contributed by atoms with Gasteiger partial charge in [-0.05, 0) is 16.2 Å². The molecule has 3 heteroatoms. The highest BCUT2D eigenvalue weighted by Crippen LogP contribution is 2.25. The van der Waals surface area contributed by atoms with Crippen LogP contribution in [0.3, 0.4) is 0 Å². The predicted octanol–water partition coefficient (Wildman–Crippen LogP) is 2.53. The molecule has 1 radical (unpaired) electrons. The molecule has 2 rings (SSSR count). The standard InChI is InChI=1S/C11H9O2S/c12-8-13-6-5-11-10-4-2-1-3-9(10)7-14-11/h1-4,7H,5-6H2. The molecule has 0 aliphatic rings. The normalized spacial score (nSPS) is 10.3. The highest BCUT2D eigenvalue weighted by Gasteiger charge is 2.02. The van der Waals surface area contributed by atoms with Crippen molar-refractivity contribution < 1.29 is 9.53 Å². The molecule has 0 saturated heterocycles. The van der Waals surface area contributed by atoms with Crippen molar-refractivity contribution in [1.29, 1.82) is 0 Å². The Balaban J connectivity index is 2.20. The zero-order chi connectivity index (χ0) is 9.80. The molecule has 0 unspecified atom stereocenters. The molecule has 0 atom stereocenters. The number of benzene rings is 1. The molecule has 1 aromatic heterocycles. The average Bonchev–Trinajstić information content (AvgIpc) is 2.63. The van der Waals surface area contributed by atoms with Crippen LogP contribution in [0, 0.1) is 0 Å². The number of hydrogen-bond donors (Lipinski definition) is 0. The van der Waals surface area contributed by atoms with Gasteiger partial charge in [-0.25, -0.2) is 4.79 Å². The molecule has 0 aliphatic carbocycles. The number of rotatable bonds is 4. The van der Waals surface area contributed by atoms with Crippen LogP contribution in [0.4, 0.5) is 0 Å². The zero-order valence-corrected chi connectivity index (χ0v) is 8.34. The van der Waals surface area contributed by atoms with Crippen LogP contribution < -0.4 is 0 Å². The van der Waals surface area contributed by atoms with Crippen LogP contribution in [-0.4, -0.2) is 13.1 Å². The van der Waals surface area contributed by atoms with E-state index in [1.54, 1.807) is 11.3 Å².